The summed E-state index contributed by atoms with van der Waals surface area (Å²) < 4.78 is 11.7. The molecule has 0 saturated carbocycles. The lowest BCUT2D eigenvalue weighted by Gasteiger charge is -2.11. The number of carbonyl (C=O) groups excluding carboxylic acids is 1. The van der Waals surface area contributed by atoms with E-state index in [2.05, 4.69) is 21.2 Å². The fourth-order valence-corrected chi connectivity index (χ4v) is 2.86. The summed E-state index contributed by atoms with van der Waals surface area (Å²) in [6.07, 6.45) is 1.74. The van der Waals surface area contributed by atoms with Gasteiger partial charge in [-0.25, -0.2) is 0 Å². The van der Waals surface area contributed by atoms with Crippen LogP contribution in [-0.2, 0) is 4.79 Å². The van der Waals surface area contributed by atoms with Gasteiger partial charge in [0.2, 0.25) is 0 Å². The van der Waals surface area contributed by atoms with Gasteiger partial charge in [-0.15, -0.1) is 0 Å². The summed E-state index contributed by atoms with van der Waals surface area (Å²) in [5.41, 5.74) is 1.25. The Morgan fingerprint density at radius 1 is 1.36 bits per heavy atom. The molecule has 1 fully saturated rings. The van der Waals surface area contributed by atoms with Gasteiger partial charge in [-0.05, 0) is 49.8 Å². The van der Waals surface area contributed by atoms with Crippen LogP contribution >= 0.6 is 28.1 Å². The van der Waals surface area contributed by atoms with Gasteiger partial charge in [0, 0.05) is 11.0 Å². The molecule has 7 heteroatoms. The number of ether oxygens (including phenoxy) is 2. The highest BCUT2D eigenvalue weighted by atomic mass is 79.9. The molecule has 1 aliphatic rings. The van der Waals surface area contributed by atoms with E-state index >= 15 is 0 Å². The van der Waals surface area contributed by atoms with Crippen molar-refractivity contribution < 1.29 is 14.3 Å². The summed E-state index contributed by atoms with van der Waals surface area (Å²) in [6.45, 7) is 4.87. The van der Waals surface area contributed by atoms with Gasteiger partial charge < -0.3 is 14.8 Å². The molecule has 1 heterocycles. The number of halogens is 1. The lowest BCUT2D eigenvalue weighted by atomic mass is 10.1. The van der Waals surface area contributed by atoms with Crippen molar-refractivity contribution >= 4 is 45.2 Å². The Labute approximate surface area is 143 Å². The van der Waals surface area contributed by atoms with Crippen LogP contribution in [0.4, 0.5) is 0 Å². The second kappa shape index (κ2) is 7.11. The van der Waals surface area contributed by atoms with Gasteiger partial charge in [-0.2, -0.15) is 0 Å². The SMILES string of the molecule is CCOc1cc(Br)c(/C=C2\NC(=S)N(CC)C2=O)cc1OC. The minimum atomic E-state index is -0.132. The van der Waals surface area contributed by atoms with E-state index in [1.807, 2.05) is 26.0 Å². The maximum absolute atomic E-state index is 12.2. The Bertz CT molecular complexity index is 646. The van der Waals surface area contributed by atoms with E-state index in [1.54, 1.807) is 13.2 Å². The summed E-state index contributed by atoms with van der Waals surface area (Å²) in [6, 6.07) is 3.64. The minimum absolute atomic E-state index is 0.132. The van der Waals surface area contributed by atoms with E-state index in [4.69, 9.17) is 21.7 Å². The van der Waals surface area contributed by atoms with E-state index in [0.717, 1.165) is 10.0 Å². The van der Waals surface area contributed by atoms with Crippen molar-refractivity contribution in [3.8, 4) is 11.5 Å². The highest BCUT2D eigenvalue weighted by molar-refractivity contribution is 9.10. The molecule has 1 amide bonds. The zero-order chi connectivity index (χ0) is 16.3. The zero-order valence-electron chi connectivity index (χ0n) is 12.6. The Hall–Kier alpha value is -1.60. The number of carbonyl (C=O) groups is 1. The number of likely N-dealkylation sites (N-methyl/N-ethyl adjacent to an activating group) is 1. The molecule has 0 spiro atoms. The van der Waals surface area contributed by atoms with E-state index in [9.17, 15) is 4.79 Å². The predicted molar refractivity (Wildman–Crippen MR) is 93.0 cm³/mol. The Morgan fingerprint density at radius 3 is 2.64 bits per heavy atom. The van der Waals surface area contributed by atoms with E-state index in [1.165, 1.54) is 4.90 Å². The van der Waals surface area contributed by atoms with E-state index in [0.29, 0.717) is 35.5 Å². The molecule has 1 saturated heterocycles. The molecule has 1 aliphatic heterocycles. The van der Waals surface area contributed by atoms with Gasteiger partial charge in [-0.1, -0.05) is 15.9 Å². The summed E-state index contributed by atoms with van der Waals surface area (Å²) in [5, 5.41) is 3.36. The molecule has 2 rings (SSSR count). The van der Waals surface area contributed by atoms with Gasteiger partial charge in [-0.3, -0.25) is 9.69 Å². The predicted octanol–water partition coefficient (Wildman–Crippen LogP) is 2.93. The highest BCUT2D eigenvalue weighted by Crippen LogP contribution is 2.34. The number of nitrogens with one attached hydrogen (secondary N) is 1. The second-order valence-corrected chi connectivity index (χ2v) is 5.74. The maximum Gasteiger partial charge on any atom is 0.276 e. The number of nitrogens with zero attached hydrogens (tertiary/aromatic N) is 1. The third-order valence-corrected chi connectivity index (χ3v) is 4.17. The number of methoxy groups -OCH3 is 1. The molecule has 0 radical (unpaired) electrons. The monoisotopic (exact) mass is 384 g/mol. The zero-order valence-corrected chi connectivity index (χ0v) is 15.0. The number of thiocarbonyl (C=S) groups is 1. The Balaban J connectivity index is 2.39. The molecule has 1 aromatic carbocycles. The Kier molecular flexibility index (Phi) is 5.42. The summed E-state index contributed by atoms with van der Waals surface area (Å²) in [5.74, 6) is 1.12. The van der Waals surface area contributed by atoms with Crippen molar-refractivity contribution in [2.45, 2.75) is 13.8 Å². The average molecular weight is 385 g/mol. The van der Waals surface area contributed by atoms with Crippen molar-refractivity contribution in [3.05, 3.63) is 27.9 Å². The number of amides is 1. The average Bonchev–Trinajstić information content (AvgIpc) is 2.76. The smallest absolute Gasteiger partial charge is 0.276 e. The third kappa shape index (κ3) is 3.25. The molecule has 1 N–H and O–H groups in total. The van der Waals surface area contributed by atoms with Gasteiger partial charge >= 0.3 is 0 Å². The summed E-state index contributed by atoms with van der Waals surface area (Å²) in [7, 11) is 1.58. The van der Waals surface area contributed by atoms with Crippen molar-refractivity contribution in [1.29, 1.82) is 0 Å². The van der Waals surface area contributed by atoms with Crippen LogP contribution in [0.25, 0.3) is 6.08 Å². The molecular formula is C15H17BrN2O3S. The lowest BCUT2D eigenvalue weighted by molar-refractivity contribution is -0.122. The lowest BCUT2D eigenvalue weighted by Crippen LogP contribution is -2.30. The molecule has 0 atom stereocenters. The summed E-state index contributed by atoms with van der Waals surface area (Å²) >= 11 is 8.63. The van der Waals surface area contributed by atoms with Crippen molar-refractivity contribution in [3.63, 3.8) is 0 Å². The number of benzene rings is 1. The van der Waals surface area contributed by atoms with Crippen LogP contribution in [0.3, 0.4) is 0 Å². The van der Waals surface area contributed by atoms with Crippen molar-refractivity contribution in [2.75, 3.05) is 20.3 Å². The molecule has 22 heavy (non-hydrogen) atoms. The molecule has 118 valence electrons. The second-order valence-electron chi connectivity index (χ2n) is 4.50. The molecule has 0 aromatic heterocycles. The first-order chi connectivity index (χ1) is 10.5. The maximum atomic E-state index is 12.2. The molecule has 1 aromatic rings. The van der Waals surface area contributed by atoms with E-state index in [-0.39, 0.29) is 5.91 Å². The Morgan fingerprint density at radius 2 is 2.09 bits per heavy atom. The van der Waals surface area contributed by atoms with Crippen LogP contribution in [0.15, 0.2) is 22.3 Å². The van der Waals surface area contributed by atoms with Gasteiger partial charge in [0.05, 0.1) is 13.7 Å². The number of rotatable bonds is 5. The minimum Gasteiger partial charge on any atom is -0.493 e. The highest BCUT2D eigenvalue weighted by Gasteiger charge is 2.29. The van der Waals surface area contributed by atoms with Gasteiger partial charge in [0.15, 0.2) is 16.6 Å². The van der Waals surface area contributed by atoms with Crippen LogP contribution in [0.2, 0.25) is 0 Å². The molecule has 0 bridgehead atoms. The standard InChI is InChI=1S/C15H17BrN2O3S/c1-4-18-14(19)11(17-15(18)22)6-9-7-12(20-3)13(21-5-2)8-10(9)16/h6-8H,4-5H2,1-3H3,(H,17,22)/b11-6-. The molecule has 0 unspecified atom stereocenters. The first-order valence-electron chi connectivity index (χ1n) is 6.86. The van der Waals surface area contributed by atoms with Crippen LogP contribution in [0.1, 0.15) is 19.4 Å². The van der Waals surface area contributed by atoms with Crippen LogP contribution in [0, 0.1) is 0 Å². The first kappa shape index (κ1) is 16.8. The molecule has 5 nitrogen and oxygen atoms in total. The van der Waals surface area contributed by atoms with Crippen LogP contribution < -0.4 is 14.8 Å². The van der Waals surface area contributed by atoms with Crippen molar-refractivity contribution in [2.24, 2.45) is 0 Å². The van der Waals surface area contributed by atoms with Gasteiger partial charge in [0.1, 0.15) is 5.70 Å². The largest absolute Gasteiger partial charge is 0.493 e. The summed E-state index contributed by atoms with van der Waals surface area (Å²) in [4.78, 5) is 13.7. The van der Waals surface area contributed by atoms with Crippen LogP contribution in [-0.4, -0.2) is 36.2 Å². The van der Waals surface area contributed by atoms with Gasteiger partial charge in [0.25, 0.3) is 5.91 Å². The fraction of sp³-hybridized carbons (Fsp3) is 0.333. The van der Waals surface area contributed by atoms with Crippen LogP contribution in [0.5, 0.6) is 11.5 Å². The molecule has 0 aliphatic carbocycles. The van der Waals surface area contributed by atoms with E-state index < -0.39 is 0 Å². The van der Waals surface area contributed by atoms with Crippen molar-refractivity contribution in [1.82, 2.24) is 10.2 Å². The quantitative estimate of drug-likeness (QED) is 0.624. The number of hydrogen-bond acceptors (Lipinski definition) is 4. The third-order valence-electron chi connectivity index (χ3n) is 3.16. The fourth-order valence-electron chi connectivity index (χ4n) is 2.10. The number of hydrogen-bond donors (Lipinski definition) is 1. The first-order valence-corrected chi connectivity index (χ1v) is 8.06. The topological polar surface area (TPSA) is 50.8 Å². The normalized spacial score (nSPS) is 16.2. The molecular weight excluding hydrogens is 368 g/mol.